The zero-order valence-corrected chi connectivity index (χ0v) is 26.5. The second-order valence-corrected chi connectivity index (χ2v) is 13.9. The molecule has 41 heavy (non-hydrogen) atoms. The number of amides is 2. The maximum absolute atomic E-state index is 14.2. The van der Waals surface area contributed by atoms with Crippen LogP contribution in [0.1, 0.15) is 36.8 Å². The topological polar surface area (TPSA) is 86.8 Å². The molecule has 0 spiro atoms. The molecule has 3 aromatic rings. The summed E-state index contributed by atoms with van der Waals surface area (Å²) in [6.07, 6.45) is 5.15. The van der Waals surface area contributed by atoms with Gasteiger partial charge in [-0.25, -0.2) is 8.42 Å². The van der Waals surface area contributed by atoms with Gasteiger partial charge in [0.1, 0.15) is 12.6 Å². The first-order valence-electron chi connectivity index (χ1n) is 13.3. The Morgan fingerprint density at radius 1 is 0.951 bits per heavy atom. The summed E-state index contributed by atoms with van der Waals surface area (Å²) in [5.41, 5.74) is 1.84. The molecule has 0 radical (unpaired) electrons. The van der Waals surface area contributed by atoms with Gasteiger partial charge >= 0.3 is 0 Å². The van der Waals surface area contributed by atoms with Crippen LogP contribution in [0, 0.1) is 0 Å². The van der Waals surface area contributed by atoms with Crippen molar-refractivity contribution in [3.63, 3.8) is 0 Å². The van der Waals surface area contributed by atoms with Gasteiger partial charge in [-0.15, -0.1) is 0 Å². The first-order chi connectivity index (χ1) is 19.5. The summed E-state index contributed by atoms with van der Waals surface area (Å²) in [6, 6.07) is 20.5. The number of benzene rings is 3. The summed E-state index contributed by atoms with van der Waals surface area (Å²) in [6.45, 7) is -0.427. The van der Waals surface area contributed by atoms with Crippen LogP contribution in [0.5, 0.6) is 0 Å². The fourth-order valence-corrected chi connectivity index (χ4v) is 6.62. The lowest BCUT2D eigenvalue weighted by atomic mass is 10.0. The zero-order chi connectivity index (χ0) is 29.6. The summed E-state index contributed by atoms with van der Waals surface area (Å²) < 4.78 is 27.7. The molecule has 1 saturated carbocycles. The number of carbonyl (C=O) groups excluding carboxylic acids is 2. The average Bonchev–Trinajstić information content (AvgIpc) is 3.42. The van der Waals surface area contributed by atoms with Gasteiger partial charge in [0.2, 0.25) is 21.8 Å². The van der Waals surface area contributed by atoms with Crippen molar-refractivity contribution in [1.29, 1.82) is 0 Å². The molecule has 0 saturated heterocycles. The monoisotopic (exact) mass is 679 g/mol. The fraction of sp³-hybridized carbons (Fsp3) is 0.333. The quantitative estimate of drug-likeness (QED) is 0.261. The summed E-state index contributed by atoms with van der Waals surface area (Å²) in [7, 11) is -3.92. The van der Waals surface area contributed by atoms with Crippen LogP contribution < -0.4 is 9.62 Å². The minimum atomic E-state index is -3.92. The molecule has 0 unspecified atom stereocenters. The molecular weight excluding hydrogens is 649 g/mol. The highest BCUT2D eigenvalue weighted by Gasteiger charge is 2.34. The van der Waals surface area contributed by atoms with E-state index in [-0.39, 0.29) is 40.6 Å². The second kappa shape index (κ2) is 14.1. The van der Waals surface area contributed by atoms with Gasteiger partial charge in [-0.3, -0.25) is 13.9 Å². The summed E-state index contributed by atoms with van der Waals surface area (Å²) in [4.78, 5) is 29.5. The summed E-state index contributed by atoms with van der Waals surface area (Å²) in [5.74, 6) is -0.792. The Kier molecular flexibility index (Phi) is 10.7. The van der Waals surface area contributed by atoms with E-state index in [0.29, 0.717) is 0 Å². The van der Waals surface area contributed by atoms with Crippen LogP contribution in [-0.2, 0) is 32.6 Å². The van der Waals surface area contributed by atoms with Gasteiger partial charge in [0, 0.05) is 33.5 Å². The van der Waals surface area contributed by atoms with Crippen molar-refractivity contribution in [3.8, 4) is 0 Å². The van der Waals surface area contributed by atoms with Crippen LogP contribution in [0.4, 0.5) is 5.69 Å². The highest BCUT2D eigenvalue weighted by molar-refractivity contribution is 9.10. The third-order valence-electron chi connectivity index (χ3n) is 7.05. The largest absolute Gasteiger partial charge is 0.352 e. The molecule has 0 heterocycles. The molecule has 11 heteroatoms. The average molecular weight is 681 g/mol. The van der Waals surface area contributed by atoms with E-state index < -0.39 is 28.5 Å². The Balaban J connectivity index is 1.73. The Labute approximate surface area is 260 Å². The number of anilines is 1. The smallest absolute Gasteiger partial charge is 0.244 e. The third-order valence-corrected chi connectivity index (χ3v) is 9.16. The number of halogens is 3. The van der Waals surface area contributed by atoms with Crippen molar-refractivity contribution in [2.24, 2.45) is 0 Å². The molecule has 2 amide bonds. The van der Waals surface area contributed by atoms with Crippen LogP contribution in [-0.4, -0.2) is 50.0 Å². The van der Waals surface area contributed by atoms with E-state index in [0.717, 1.165) is 51.8 Å². The lowest BCUT2D eigenvalue weighted by molar-refractivity contribution is -0.140. The number of nitrogens with zero attached hydrogens (tertiary/aromatic N) is 2. The van der Waals surface area contributed by atoms with E-state index >= 15 is 0 Å². The van der Waals surface area contributed by atoms with Crippen molar-refractivity contribution >= 4 is 66.7 Å². The van der Waals surface area contributed by atoms with Gasteiger partial charge in [-0.05, 0) is 54.3 Å². The predicted octanol–water partition coefficient (Wildman–Crippen LogP) is 6.22. The van der Waals surface area contributed by atoms with Gasteiger partial charge in [0.15, 0.2) is 0 Å². The highest BCUT2D eigenvalue weighted by Crippen LogP contribution is 2.28. The third kappa shape index (κ3) is 8.95. The first-order valence-corrected chi connectivity index (χ1v) is 16.7. The van der Waals surface area contributed by atoms with E-state index in [1.54, 1.807) is 0 Å². The number of carbonyl (C=O) groups is 2. The molecule has 1 aliphatic rings. The highest BCUT2D eigenvalue weighted by atomic mass is 79.9. The van der Waals surface area contributed by atoms with Crippen molar-refractivity contribution in [2.45, 2.75) is 50.7 Å². The molecule has 4 rings (SSSR count). The Morgan fingerprint density at radius 3 is 2.15 bits per heavy atom. The number of hydrogen-bond acceptors (Lipinski definition) is 4. The van der Waals surface area contributed by atoms with Gasteiger partial charge in [-0.2, -0.15) is 0 Å². The van der Waals surface area contributed by atoms with E-state index in [2.05, 4.69) is 21.2 Å². The van der Waals surface area contributed by atoms with Crippen molar-refractivity contribution in [2.75, 3.05) is 17.1 Å². The molecule has 0 bridgehead atoms. The predicted molar refractivity (Wildman–Crippen MR) is 168 cm³/mol. The number of nitrogens with one attached hydrogen (secondary N) is 1. The molecular formula is C30H32BrCl2N3O4S. The summed E-state index contributed by atoms with van der Waals surface area (Å²) in [5, 5.41) is 3.62. The fourth-order valence-electron chi connectivity index (χ4n) is 5.00. The standard InChI is InChI=1S/C30H32BrCl2N3O4S/c1-41(39,40)36(27-17-24(32)16-25(33)18-27)20-29(37)35(19-22-11-13-23(31)14-12-22)28(15-21-7-3-2-4-8-21)30(38)34-26-9-5-6-10-26/h2-4,7-8,11-14,16-18,26,28H,5-6,9-10,15,19-20H2,1H3,(H,34,38)/t28-/m1/s1. The van der Waals surface area contributed by atoms with Crippen LogP contribution in [0.2, 0.25) is 10.0 Å². The Bertz CT molecular complexity index is 1450. The van der Waals surface area contributed by atoms with Gasteiger partial charge < -0.3 is 10.2 Å². The van der Waals surface area contributed by atoms with Gasteiger partial charge in [0.25, 0.3) is 0 Å². The lowest BCUT2D eigenvalue weighted by Gasteiger charge is -2.34. The second-order valence-electron chi connectivity index (χ2n) is 10.2. The van der Waals surface area contributed by atoms with Crippen molar-refractivity contribution in [1.82, 2.24) is 10.2 Å². The lowest BCUT2D eigenvalue weighted by Crippen LogP contribution is -2.54. The van der Waals surface area contributed by atoms with E-state index in [1.165, 1.54) is 23.1 Å². The minimum absolute atomic E-state index is 0.0477. The molecule has 1 aliphatic carbocycles. The summed E-state index contributed by atoms with van der Waals surface area (Å²) >= 11 is 15.8. The number of sulfonamides is 1. The zero-order valence-electron chi connectivity index (χ0n) is 22.6. The molecule has 0 aromatic heterocycles. The molecule has 1 fully saturated rings. The normalized spacial score (nSPS) is 14.4. The van der Waals surface area contributed by atoms with Crippen LogP contribution in [0.15, 0.2) is 77.3 Å². The maximum atomic E-state index is 14.2. The molecule has 218 valence electrons. The van der Waals surface area contributed by atoms with Crippen LogP contribution in [0.25, 0.3) is 0 Å². The molecule has 1 atom stereocenters. The Hall–Kier alpha value is -2.59. The van der Waals surface area contributed by atoms with E-state index in [4.69, 9.17) is 23.2 Å². The Morgan fingerprint density at radius 2 is 1.56 bits per heavy atom. The molecule has 7 nitrogen and oxygen atoms in total. The maximum Gasteiger partial charge on any atom is 0.244 e. The molecule has 3 aromatic carbocycles. The first kappa shape index (κ1) is 31.3. The van der Waals surface area contributed by atoms with Crippen LogP contribution in [0.3, 0.4) is 0 Å². The minimum Gasteiger partial charge on any atom is -0.352 e. The van der Waals surface area contributed by atoms with Crippen molar-refractivity contribution < 1.29 is 18.0 Å². The SMILES string of the molecule is CS(=O)(=O)N(CC(=O)N(Cc1ccc(Br)cc1)[C@H](Cc1ccccc1)C(=O)NC1CCCC1)c1cc(Cl)cc(Cl)c1. The van der Waals surface area contributed by atoms with E-state index in [9.17, 15) is 18.0 Å². The van der Waals surface area contributed by atoms with Crippen LogP contribution >= 0.6 is 39.1 Å². The van der Waals surface area contributed by atoms with Gasteiger partial charge in [0.05, 0.1) is 11.9 Å². The van der Waals surface area contributed by atoms with E-state index in [1.807, 2.05) is 54.6 Å². The number of rotatable bonds is 11. The molecule has 0 aliphatic heterocycles. The van der Waals surface area contributed by atoms with Crippen molar-refractivity contribution in [3.05, 3.63) is 98.4 Å². The molecule has 1 N–H and O–H groups in total. The van der Waals surface area contributed by atoms with Gasteiger partial charge in [-0.1, -0.05) is 94.4 Å². The number of hydrogen-bond donors (Lipinski definition) is 1.